The van der Waals surface area contributed by atoms with Gasteiger partial charge in [0.05, 0.1) is 11.0 Å². The summed E-state index contributed by atoms with van der Waals surface area (Å²) in [6.07, 6.45) is 3.28. The Balaban J connectivity index is 2.08. The highest BCUT2D eigenvalue weighted by Gasteiger charge is 2.22. The molecule has 1 N–H and O–H groups in total. The van der Waals surface area contributed by atoms with Crippen LogP contribution in [0.1, 0.15) is 37.9 Å². The van der Waals surface area contributed by atoms with Gasteiger partial charge in [-0.1, -0.05) is 6.92 Å². The molecule has 2 aromatic rings. The second-order valence-electron chi connectivity index (χ2n) is 5.28. The zero-order valence-electron chi connectivity index (χ0n) is 11.3. The van der Waals surface area contributed by atoms with Gasteiger partial charge in [0, 0.05) is 12.5 Å². The molecule has 3 rings (SSSR count). The molecule has 1 aromatic carbocycles. The number of nitrogens with one attached hydrogen (secondary N) is 1. The Bertz CT molecular complexity index is 570. The quantitative estimate of drug-likeness (QED) is 0.920. The number of imidazole rings is 1. The summed E-state index contributed by atoms with van der Waals surface area (Å²) < 4.78 is 15.7. The fourth-order valence-electron chi connectivity index (χ4n) is 2.96. The van der Waals surface area contributed by atoms with Gasteiger partial charge in [0.15, 0.2) is 0 Å². The standard InChI is InChI=1S/C15H20FN3/c1-2-9-19-14-10-12(16)3-4-13(14)18-15(19)11-5-7-17-8-6-11/h3-4,10-11,17H,2,5-9H2,1H3. The van der Waals surface area contributed by atoms with Crippen molar-refractivity contribution in [2.24, 2.45) is 0 Å². The topological polar surface area (TPSA) is 29.9 Å². The van der Waals surface area contributed by atoms with Crippen LogP contribution in [0, 0.1) is 5.82 Å². The Hall–Kier alpha value is -1.42. The van der Waals surface area contributed by atoms with Crippen molar-refractivity contribution < 1.29 is 4.39 Å². The molecule has 1 aromatic heterocycles. The van der Waals surface area contributed by atoms with Crippen molar-refractivity contribution in [2.45, 2.75) is 38.6 Å². The van der Waals surface area contributed by atoms with Gasteiger partial charge >= 0.3 is 0 Å². The molecule has 0 amide bonds. The first-order chi connectivity index (χ1) is 9.29. The zero-order valence-corrected chi connectivity index (χ0v) is 11.3. The molecule has 0 atom stereocenters. The molecule has 0 radical (unpaired) electrons. The Labute approximate surface area is 112 Å². The summed E-state index contributed by atoms with van der Waals surface area (Å²) in [6, 6.07) is 4.90. The summed E-state index contributed by atoms with van der Waals surface area (Å²) in [7, 11) is 0. The zero-order chi connectivity index (χ0) is 13.2. The second-order valence-corrected chi connectivity index (χ2v) is 5.28. The summed E-state index contributed by atoms with van der Waals surface area (Å²) in [4.78, 5) is 4.76. The summed E-state index contributed by atoms with van der Waals surface area (Å²) >= 11 is 0. The molecule has 0 unspecified atom stereocenters. The van der Waals surface area contributed by atoms with Crippen LogP contribution >= 0.6 is 0 Å². The maximum absolute atomic E-state index is 13.5. The van der Waals surface area contributed by atoms with Crippen LogP contribution < -0.4 is 5.32 Å². The predicted octanol–water partition coefficient (Wildman–Crippen LogP) is 3.05. The summed E-state index contributed by atoms with van der Waals surface area (Å²) in [5, 5.41) is 3.38. The van der Waals surface area contributed by atoms with E-state index in [-0.39, 0.29) is 5.82 Å². The minimum absolute atomic E-state index is 0.179. The number of aromatic nitrogens is 2. The highest BCUT2D eigenvalue weighted by molar-refractivity contribution is 5.76. The van der Waals surface area contributed by atoms with Gasteiger partial charge in [-0.3, -0.25) is 0 Å². The van der Waals surface area contributed by atoms with Crippen LogP contribution in [0.25, 0.3) is 11.0 Å². The largest absolute Gasteiger partial charge is 0.328 e. The molecule has 102 valence electrons. The van der Waals surface area contributed by atoms with E-state index in [4.69, 9.17) is 4.98 Å². The minimum atomic E-state index is -0.179. The highest BCUT2D eigenvalue weighted by Crippen LogP contribution is 2.28. The average Bonchev–Trinajstić information content (AvgIpc) is 2.79. The molecular weight excluding hydrogens is 241 g/mol. The second kappa shape index (κ2) is 5.29. The number of benzene rings is 1. The Morgan fingerprint density at radius 1 is 1.37 bits per heavy atom. The van der Waals surface area contributed by atoms with Gasteiger partial charge in [-0.2, -0.15) is 0 Å². The third kappa shape index (κ3) is 2.37. The smallest absolute Gasteiger partial charge is 0.125 e. The van der Waals surface area contributed by atoms with Crippen LogP contribution in [0.15, 0.2) is 18.2 Å². The molecule has 1 fully saturated rings. The number of aryl methyl sites for hydroxylation is 1. The van der Waals surface area contributed by atoms with Crippen LogP contribution in [0.2, 0.25) is 0 Å². The number of hydrogen-bond acceptors (Lipinski definition) is 2. The van der Waals surface area contributed by atoms with E-state index in [9.17, 15) is 4.39 Å². The van der Waals surface area contributed by atoms with Gasteiger partial charge in [-0.15, -0.1) is 0 Å². The normalized spacial score (nSPS) is 17.2. The summed E-state index contributed by atoms with van der Waals surface area (Å²) in [5.41, 5.74) is 1.86. The molecule has 1 saturated heterocycles. The maximum Gasteiger partial charge on any atom is 0.125 e. The lowest BCUT2D eigenvalue weighted by molar-refractivity contribution is 0.431. The van der Waals surface area contributed by atoms with Crippen molar-refractivity contribution in [2.75, 3.05) is 13.1 Å². The van der Waals surface area contributed by atoms with E-state index in [0.717, 1.165) is 55.8 Å². The first-order valence-electron chi connectivity index (χ1n) is 7.16. The number of rotatable bonds is 3. The van der Waals surface area contributed by atoms with Crippen LogP contribution in [0.4, 0.5) is 4.39 Å². The van der Waals surface area contributed by atoms with Gasteiger partial charge < -0.3 is 9.88 Å². The molecule has 0 bridgehead atoms. The monoisotopic (exact) mass is 261 g/mol. The number of piperidine rings is 1. The third-order valence-corrected chi connectivity index (χ3v) is 3.89. The van der Waals surface area contributed by atoms with Gasteiger partial charge in [-0.05, 0) is 50.6 Å². The lowest BCUT2D eigenvalue weighted by Crippen LogP contribution is -2.28. The number of nitrogens with zero attached hydrogens (tertiary/aromatic N) is 2. The SMILES string of the molecule is CCCn1c(C2CCNCC2)nc2ccc(F)cc21. The van der Waals surface area contributed by atoms with Crippen molar-refractivity contribution >= 4 is 11.0 Å². The molecule has 0 saturated carbocycles. The van der Waals surface area contributed by atoms with Gasteiger partial charge in [-0.25, -0.2) is 9.37 Å². The molecule has 0 aliphatic carbocycles. The molecule has 19 heavy (non-hydrogen) atoms. The molecule has 4 heteroatoms. The van der Waals surface area contributed by atoms with E-state index in [0.29, 0.717) is 5.92 Å². The molecule has 2 heterocycles. The van der Waals surface area contributed by atoms with E-state index in [1.54, 1.807) is 12.1 Å². The van der Waals surface area contributed by atoms with Gasteiger partial charge in [0.1, 0.15) is 11.6 Å². The van der Waals surface area contributed by atoms with Crippen molar-refractivity contribution in [3.05, 3.63) is 29.8 Å². The lowest BCUT2D eigenvalue weighted by atomic mass is 9.97. The van der Waals surface area contributed by atoms with E-state index in [1.165, 1.54) is 6.07 Å². The highest BCUT2D eigenvalue weighted by atomic mass is 19.1. The van der Waals surface area contributed by atoms with E-state index in [1.807, 2.05) is 0 Å². The van der Waals surface area contributed by atoms with Crippen LogP contribution in [-0.2, 0) is 6.54 Å². The van der Waals surface area contributed by atoms with Crippen LogP contribution in [-0.4, -0.2) is 22.6 Å². The Morgan fingerprint density at radius 3 is 2.89 bits per heavy atom. The van der Waals surface area contributed by atoms with Crippen molar-refractivity contribution in [1.29, 1.82) is 0 Å². The third-order valence-electron chi connectivity index (χ3n) is 3.89. The molecule has 0 spiro atoms. The van der Waals surface area contributed by atoms with Crippen molar-refractivity contribution in [3.63, 3.8) is 0 Å². The van der Waals surface area contributed by atoms with Crippen LogP contribution in [0.5, 0.6) is 0 Å². The summed E-state index contributed by atoms with van der Waals surface area (Å²) in [5.74, 6) is 1.47. The first kappa shape index (κ1) is 12.6. The maximum atomic E-state index is 13.5. The van der Waals surface area contributed by atoms with Gasteiger partial charge in [0.25, 0.3) is 0 Å². The number of fused-ring (bicyclic) bond motifs is 1. The molecule has 1 aliphatic heterocycles. The predicted molar refractivity (Wildman–Crippen MR) is 74.8 cm³/mol. The fourth-order valence-corrected chi connectivity index (χ4v) is 2.96. The fraction of sp³-hybridized carbons (Fsp3) is 0.533. The van der Waals surface area contributed by atoms with Crippen molar-refractivity contribution in [3.8, 4) is 0 Å². The van der Waals surface area contributed by atoms with E-state index < -0.39 is 0 Å². The number of hydrogen-bond donors (Lipinski definition) is 1. The average molecular weight is 261 g/mol. The Morgan fingerprint density at radius 2 is 2.16 bits per heavy atom. The van der Waals surface area contributed by atoms with E-state index >= 15 is 0 Å². The lowest BCUT2D eigenvalue weighted by Gasteiger charge is -2.23. The van der Waals surface area contributed by atoms with E-state index in [2.05, 4.69) is 16.8 Å². The summed E-state index contributed by atoms with van der Waals surface area (Å²) in [6.45, 7) is 5.17. The first-order valence-corrected chi connectivity index (χ1v) is 7.16. The van der Waals surface area contributed by atoms with Gasteiger partial charge in [0.2, 0.25) is 0 Å². The molecular formula is C15H20FN3. The Kier molecular flexibility index (Phi) is 3.51. The van der Waals surface area contributed by atoms with Crippen LogP contribution in [0.3, 0.4) is 0 Å². The number of halogens is 1. The minimum Gasteiger partial charge on any atom is -0.328 e. The molecule has 1 aliphatic rings. The van der Waals surface area contributed by atoms with Crippen molar-refractivity contribution in [1.82, 2.24) is 14.9 Å². The molecule has 3 nitrogen and oxygen atoms in total.